The molecule has 2 nitrogen and oxygen atoms in total. The summed E-state index contributed by atoms with van der Waals surface area (Å²) >= 11 is 3.37. The predicted octanol–water partition coefficient (Wildman–Crippen LogP) is 2.37. The van der Waals surface area contributed by atoms with E-state index < -0.39 is 0 Å². The SMILES string of the molecule is Brc1cnn(C2CCC2)c1. The predicted molar refractivity (Wildman–Crippen MR) is 42.8 cm³/mol. The van der Waals surface area contributed by atoms with Gasteiger partial charge in [0.15, 0.2) is 0 Å². The van der Waals surface area contributed by atoms with Gasteiger partial charge in [0.2, 0.25) is 0 Å². The first-order valence-electron chi connectivity index (χ1n) is 3.56. The van der Waals surface area contributed by atoms with E-state index in [9.17, 15) is 0 Å². The lowest BCUT2D eigenvalue weighted by molar-refractivity contribution is 0.289. The molecule has 1 fully saturated rings. The second-order valence-corrected chi connectivity index (χ2v) is 3.64. The van der Waals surface area contributed by atoms with Gasteiger partial charge >= 0.3 is 0 Å². The Labute approximate surface area is 68.4 Å². The fraction of sp³-hybridized carbons (Fsp3) is 0.571. The number of hydrogen-bond acceptors (Lipinski definition) is 1. The lowest BCUT2D eigenvalue weighted by Gasteiger charge is -2.25. The van der Waals surface area contributed by atoms with E-state index in [1.165, 1.54) is 19.3 Å². The molecular weight excluding hydrogens is 192 g/mol. The third kappa shape index (κ3) is 0.985. The summed E-state index contributed by atoms with van der Waals surface area (Å²) in [4.78, 5) is 0. The van der Waals surface area contributed by atoms with Crippen molar-refractivity contribution in [1.29, 1.82) is 0 Å². The van der Waals surface area contributed by atoms with Gasteiger partial charge < -0.3 is 0 Å². The van der Waals surface area contributed by atoms with Crippen LogP contribution in [-0.2, 0) is 0 Å². The number of halogens is 1. The molecule has 1 aliphatic carbocycles. The monoisotopic (exact) mass is 200 g/mol. The molecule has 3 heteroatoms. The summed E-state index contributed by atoms with van der Waals surface area (Å²) in [6, 6.07) is 0.686. The summed E-state index contributed by atoms with van der Waals surface area (Å²) in [6.45, 7) is 0. The first-order chi connectivity index (χ1) is 4.86. The van der Waals surface area contributed by atoms with Gasteiger partial charge in [0.05, 0.1) is 16.7 Å². The van der Waals surface area contributed by atoms with E-state index in [0.717, 1.165) is 4.47 Å². The van der Waals surface area contributed by atoms with Crippen LogP contribution in [0.5, 0.6) is 0 Å². The van der Waals surface area contributed by atoms with Crippen LogP contribution < -0.4 is 0 Å². The van der Waals surface area contributed by atoms with Crippen LogP contribution in [0.1, 0.15) is 25.3 Å². The zero-order chi connectivity index (χ0) is 6.97. The topological polar surface area (TPSA) is 17.8 Å². The van der Waals surface area contributed by atoms with Gasteiger partial charge in [-0.25, -0.2) is 0 Å². The standard InChI is InChI=1S/C7H9BrN2/c8-6-4-9-10(5-6)7-2-1-3-7/h4-5,7H,1-3H2. The van der Waals surface area contributed by atoms with E-state index >= 15 is 0 Å². The molecule has 10 heavy (non-hydrogen) atoms. The van der Waals surface area contributed by atoms with Gasteiger partial charge in [0.25, 0.3) is 0 Å². The van der Waals surface area contributed by atoms with Gasteiger partial charge in [-0.05, 0) is 35.2 Å². The van der Waals surface area contributed by atoms with Crippen LogP contribution in [-0.4, -0.2) is 9.78 Å². The molecule has 1 saturated carbocycles. The number of nitrogens with zero attached hydrogens (tertiary/aromatic N) is 2. The molecule has 0 saturated heterocycles. The van der Waals surface area contributed by atoms with Gasteiger partial charge in [-0.2, -0.15) is 5.10 Å². The van der Waals surface area contributed by atoms with Crippen molar-refractivity contribution in [2.45, 2.75) is 25.3 Å². The molecule has 0 spiro atoms. The lowest BCUT2D eigenvalue weighted by Crippen LogP contribution is -2.16. The molecule has 2 rings (SSSR count). The van der Waals surface area contributed by atoms with E-state index in [1.54, 1.807) is 0 Å². The van der Waals surface area contributed by atoms with E-state index in [-0.39, 0.29) is 0 Å². The molecule has 0 N–H and O–H groups in total. The van der Waals surface area contributed by atoms with Gasteiger partial charge in [0.1, 0.15) is 0 Å². The zero-order valence-electron chi connectivity index (χ0n) is 5.63. The quantitative estimate of drug-likeness (QED) is 0.681. The molecule has 0 bridgehead atoms. The maximum atomic E-state index is 4.21. The summed E-state index contributed by atoms with van der Waals surface area (Å²) in [5.74, 6) is 0. The van der Waals surface area contributed by atoms with Gasteiger partial charge in [-0.3, -0.25) is 4.68 Å². The number of hydrogen-bond donors (Lipinski definition) is 0. The third-order valence-corrected chi connectivity index (χ3v) is 2.43. The molecule has 1 aromatic heterocycles. The Kier molecular flexibility index (Phi) is 1.52. The second-order valence-electron chi connectivity index (χ2n) is 2.72. The second kappa shape index (κ2) is 2.38. The highest BCUT2D eigenvalue weighted by molar-refractivity contribution is 9.10. The zero-order valence-corrected chi connectivity index (χ0v) is 7.21. The summed E-state index contributed by atoms with van der Waals surface area (Å²) in [5, 5.41) is 4.21. The summed E-state index contributed by atoms with van der Waals surface area (Å²) in [6.07, 6.45) is 7.85. The fourth-order valence-electron chi connectivity index (χ4n) is 1.17. The Morgan fingerprint density at radius 2 is 2.40 bits per heavy atom. The molecule has 0 radical (unpaired) electrons. The van der Waals surface area contributed by atoms with Crippen molar-refractivity contribution in [2.75, 3.05) is 0 Å². The van der Waals surface area contributed by atoms with Crippen LogP contribution in [0.25, 0.3) is 0 Å². The fourth-order valence-corrected chi connectivity index (χ4v) is 1.47. The Bertz CT molecular complexity index is 227. The summed E-state index contributed by atoms with van der Waals surface area (Å²) in [7, 11) is 0. The Morgan fingerprint density at radius 1 is 1.60 bits per heavy atom. The van der Waals surface area contributed by atoms with Crippen LogP contribution in [0.4, 0.5) is 0 Å². The molecule has 0 aromatic carbocycles. The van der Waals surface area contributed by atoms with Crippen molar-refractivity contribution in [2.24, 2.45) is 0 Å². The molecule has 54 valence electrons. The van der Waals surface area contributed by atoms with Crippen LogP contribution in [0.15, 0.2) is 16.9 Å². The minimum atomic E-state index is 0.686. The average molecular weight is 201 g/mol. The highest BCUT2D eigenvalue weighted by Crippen LogP contribution is 2.31. The number of rotatable bonds is 1. The van der Waals surface area contributed by atoms with Gasteiger partial charge in [-0.15, -0.1) is 0 Å². The molecule has 0 aliphatic heterocycles. The molecule has 1 aliphatic rings. The molecular formula is C7H9BrN2. The molecule has 0 unspecified atom stereocenters. The van der Waals surface area contributed by atoms with Gasteiger partial charge in [-0.1, -0.05) is 0 Å². The minimum Gasteiger partial charge on any atom is -0.269 e. The highest BCUT2D eigenvalue weighted by atomic mass is 79.9. The van der Waals surface area contributed by atoms with Crippen molar-refractivity contribution in [1.82, 2.24) is 9.78 Å². The average Bonchev–Trinajstić information content (AvgIpc) is 2.10. The van der Waals surface area contributed by atoms with Crippen molar-refractivity contribution in [3.05, 3.63) is 16.9 Å². The van der Waals surface area contributed by atoms with Crippen molar-refractivity contribution < 1.29 is 0 Å². The molecule has 1 heterocycles. The minimum absolute atomic E-state index is 0.686. The number of aromatic nitrogens is 2. The molecule has 0 atom stereocenters. The van der Waals surface area contributed by atoms with Crippen molar-refractivity contribution >= 4 is 15.9 Å². The third-order valence-electron chi connectivity index (χ3n) is 2.02. The normalized spacial score (nSPS) is 18.9. The smallest absolute Gasteiger partial charge is 0.0632 e. The maximum absolute atomic E-state index is 4.21. The Hall–Kier alpha value is -0.310. The van der Waals surface area contributed by atoms with Crippen LogP contribution in [0.3, 0.4) is 0 Å². The van der Waals surface area contributed by atoms with Crippen LogP contribution >= 0.6 is 15.9 Å². The van der Waals surface area contributed by atoms with Crippen LogP contribution in [0, 0.1) is 0 Å². The van der Waals surface area contributed by atoms with E-state index in [1.807, 2.05) is 17.1 Å². The van der Waals surface area contributed by atoms with Crippen molar-refractivity contribution in [3.8, 4) is 0 Å². The van der Waals surface area contributed by atoms with E-state index in [4.69, 9.17) is 0 Å². The summed E-state index contributed by atoms with van der Waals surface area (Å²) in [5.41, 5.74) is 0. The summed E-state index contributed by atoms with van der Waals surface area (Å²) < 4.78 is 3.13. The van der Waals surface area contributed by atoms with E-state index in [0.29, 0.717) is 6.04 Å². The Balaban J connectivity index is 2.17. The maximum Gasteiger partial charge on any atom is 0.0632 e. The molecule has 0 amide bonds. The molecule has 1 aromatic rings. The Morgan fingerprint density at radius 3 is 2.80 bits per heavy atom. The lowest BCUT2D eigenvalue weighted by atomic mass is 9.93. The highest BCUT2D eigenvalue weighted by Gasteiger charge is 2.19. The van der Waals surface area contributed by atoms with Crippen LogP contribution in [0.2, 0.25) is 0 Å². The van der Waals surface area contributed by atoms with E-state index in [2.05, 4.69) is 21.0 Å². The van der Waals surface area contributed by atoms with Crippen molar-refractivity contribution in [3.63, 3.8) is 0 Å². The first kappa shape index (κ1) is 6.40. The first-order valence-corrected chi connectivity index (χ1v) is 4.35. The largest absolute Gasteiger partial charge is 0.269 e. The van der Waals surface area contributed by atoms with Gasteiger partial charge in [0, 0.05) is 6.20 Å².